The van der Waals surface area contributed by atoms with E-state index in [0.717, 1.165) is 34.9 Å². The molecule has 0 aliphatic heterocycles. The maximum absolute atomic E-state index is 5.85. The van der Waals surface area contributed by atoms with Crippen molar-refractivity contribution < 1.29 is 0 Å². The fourth-order valence-electron chi connectivity index (χ4n) is 2.28. The quantitative estimate of drug-likeness (QED) is 0.847. The Bertz CT molecular complexity index is 562. The summed E-state index contributed by atoms with van der Waals surface area (Å²) in [6.07, 6.45) is 5.30. The Morgan fingerprint density at radius 3 is 3.00 bits per heavy atom. The largest absolute Gasteiger partial charge is 0.369 e. The van der Waals surface area contributed by atoms with Gasteiger partial charge in [0.15, 0.2) is 0 Å². The molecule has 0 amide bonds. The number of hydrogen-bond donors (Lipinski definition) is 1. The zero-order valence-corrected chi connectivity index (χ0v) is 11.9. The Morgan fingerprint density at radius 1 is 1.44 bits per heavy atom. The van der Waals surface area contributed by atoms with Crippen LogP contribution < -0.4 is 5.32 Å². The summed E-state index contributed by atoms with van der Waals surface area (Å²) in [5.74, 6) is 1.71. The van der Waals surface area contributed by atoms with E-state index in [1.807, 2.05) is 0 Å². The van der Waals surface area contributed by atoms with Gasteiger partial charge in [0.2, 0.25) is 0 Å². The van der Waals surface area contributed by atoms with Crippen LogP contribution >= 0.6 is 22.9 Å². The molecule has 1 fully saturated rings. The van der Waals surface area contributed by atoms with Crippen LogP contribution in [0.3, 0.4) is 0 Å². The molecule has 2 aromatic rings. The van der Waals surface area contributed by atoms with Gasteiger partial charge in [0.05, 0.1) is 5.39 Å². The van der Waals surface area contributed by atoms with E-state index < -0.39 is 0 Å². The Morgan fingerprint density at radius 2 is 2.28 bits per heavy atom. The topological polar surface area (TPSA) is 37.8 Å². The highest BCUT2D eigenvalue weighted by Gasteiger charge is 2.41. The summed E-state index contributed by atoms with van der Waals surface area (Å²) in [4.78, 5) is 11.0. The fourth-order valence-corrected chi connectivity index (χ4v) is 3.53. The van der Waals surface area contributed by atoms with Gasteiger partial charge < -0.3 is 5.32 Å². The number of alkyl halides is 1. The molecule has 5 heteroatoms. The normalized spacial score (nSPS) is 17.0. The van der Waals surface area contributed by atoms with Crippen LogP contribution in [0, 0.1) is 12.3 Å². The molecule has 0 saturated heterocycles. The number of rotatable bonds is 5. The number of hydrogen-bond acceptors (Lipinski definition) is 4. The molecule has 2 aromatic heterocycles. The first-order valence-electron chi connectivity index (χ1n) is 6.23. The molecule has 18 heavy (non-hydrogen) atoms. The van der Waals surface area contributed by atoms with Gasteiger partial charge in [-0.05, 0) is 37.7 Å². The van der Waals surface area contributed by atoms with Crippen LogP contribution in [0.1, 0.15) is 24.1 Å². The first-order valence-corrected chi connectivity index (χ1v) is 7.59. The van der Waals surface area contributed by atoms with E-state index in [4.69, 9.17) is 11.6 Å². The lowest BCUT2D eigenvalue weighted by Crippen LogP contribution is -2.16. The molecule has 0 aromatic carbocycles. The van der Waals surface area contributed by atoms with Crippen molar-refractivity contribution in [2.45, 2.75) is 26.2 Å². The van der Waals surface area contributed by atoms with E-state index in [2.05, 4.69) is 28.3 Å². The molecule has 3 rings (SSSR count). The van der Waals surface area contributed by atoms with Crippen LogP contribution in [0.4, 0.5) is 5.82 Å². The van der Waals surface area contributed by atoms with Gasteiger partial charge in [0.1, 0.15) is 17.0 Å². The molecule has 1 saturated carbocycles. The number of aromatic nitrogens is 2. The van der Waals surface area contributed by atoms with Crippen LogP contribution in [0.2, 0.25) is 0 Å². The number of anilines is 1. The summed E-state index contributed by atoms with van der Waals surface area (Å²) in [5, 5.41) is 4.63. The van der Waals surface area contributed by atoms with Crippen molar-refractivity contribution in [2.24, 2.45) is 5.41 Å². The van der Waals surface area contributed by atoms with Crippen molar-refractivity contribution >= 4 is 39.0 Å². The van der Waals surface area contributed by atoms with E-state index in [0.29, 0.717) is 5.41 Å². The number of nitrogens with zero attached hydrogens (tertiary/aromatic N) is 2. The van der Waals surface area contributed by atoms with E-state index in [1.165, 1.54) is 17.7 Å². The van der Waals surface area contributed by atoms with Gasteiger partial charge in [-0.25, -0.2) is 9.97 Å². The van der Waals surface area contributed by atoms with Crippen molar-refractivity contribution in [3.8, 4) is 0 Å². The number of aryl methyl sites for hydroxylation is 1. The van der Waals surface area contributed by atoms with Crippen molar-refractivity contribution in [1.82, 2.24) is 9.97 Å². The molecule has 2 heterocycles. The lowest BCUT2D eigenvalue weighted by atomic mass is 10.0. The third kappa shape index (κ3) is 2.31. The molecule has 1 N–H and O–H groups in total. The lowest BCUT2D eigenvalue weighted by Gasteiger charge is -2.15. The van der Waals surface area contributed by atoms with Crippen LogP contribution in [-0.2, 0) is 0 Å². The van der Waals surface area contributed by atoms with Crippen LogP contribution in [0.25, 0.3) is 10.2 Å². The van der Waals surface area contributed by atoms with Crippen LogP contribution in [0.5, 0.6) is 0 Å². The average Bonchev–Trinajstić information content (AvgIpc) is 3.00. The van der Waals surface area contributed by atoms with Crippen molar-refractivity contribution in [2.75, 3.05) is 17.7 Å². The van der Waals surface area contributed by atoms with Gasteiger partial charge in [-0.15, -0.1) is 22.9 Å². The molecule has 0 radical (unpaired) electrons. The van der Waals surface area contributed by atoms with Crippen LogP contribution in [0.15, 0.2) is 12.4 Å². The lowest BCUT2D eigenvalue weighted by molar-refractivity contribution is 0.524. The maximum Gasteiger partial charge on any atom is 0.138 e. The zero-order chi connectivity index (χ0) is 12.6. The zero-order valence-electron chi connectivity index (χ0n) is 10.4. The summed E-state index contributed by atoms with van der Waals surface area (Å²) in [7, 11) is 0. The number of fused-ring (bicyclic) bond motifs is 1. The standard InChI is InChI=1S/C13H16ClN3S/c1-9-6-10-11(16-8-17-12(10)18-9)15-7-13(2-3-13)4-5-14/h6,8H,2-5,7H2,1H3,(H,15,16,17). The van der Waals surface area contributed by atoms with E-state index in [-0.39, 0.29) is 0 Å². The second-order valence-electron chi connectivity index (χ2n) is 5.09. The Kier molecular flexibility index (Phi) is 3.16. The van der Waals surface area contributed by atoms with Crippen LogP contribution in [-0.4, -0.2) is 22.4 Å². The third-order valence-corrected chi connectivity index (χ3v) is 4.81. The minimum atomic E-state index is 0.421. The Labute approximate surface area is 116 Å². The molecule has 1 aliphatic carbocycles. The molecule has 0 atom stereocenters. The minimum absolute atomic E-state index is 0.421. The summed E-state index contributed by atoms with van der Waals surface area (Å²) in [6.45, 7) is 3.08. The number of thiophene rings is 1. The Balaban J connectivity index is 1.78. The maximum atomic E-state index is 5.85. The predicted octanol–water partition coefficient (Wildman–Crippen LogP) is 3.82. The van der Waals surface area contributed by atoms with Gasteiger partial charge in [0.25, 0.3) is 0 Å². The second-order valence-corrected chi connectivity index (χ2v) is 6.70. The first-order chi connectivity index (χ1) is 8.72. The second kappa shape index (κ2) is 4.67. The highest BCUT2D eigenvalue weighted by atomic mass is 35.5. The Hall–Kier alpha value is -0.870. The molecule has 0 spiro atoms. The van der Waals surface area contributed by atoms with E-state index in [9.17, 15) is 0 Å². The predicted molar refractivity (Wildman–Crippen MR) is 77.6 cm³/mol. The van der Waals surface area contributed by atoms with E-state index >= 15 is 0 Å². The smallest absolute Gasteiger partial charge is 0.138 e. The average molecular weight is 282 g/mol. The summed E-state index contributed by atoms with van der Waals surface area (Å²) >= 11 is 7.57. The summed E-state index contributed by atoms with van der Waals surface area (Å²) < 4.78 is 0. The van der Waals surface area contributed by atoms with Gasteiger partial charge in [-0.1, -0.05) is 0 Å². The minimum Gasteiger partial charge on any atom is -0.369 e. The molecule has 0 bridgehead atoms. The third-order valence-electron chi connectivity index (χ3n) is 3.67. The van der Waals surface area contributed by atoms with Gasteiger partial charge in [-0.2, -0.15) is 0 Å². The molecular formula is C13H16ClN3S. The van der Waals surface area contributed by atoms with Gasteiger partial charge in [-0.3, -0.25) is 0 Å². The highest BCUT2D eigenvalue weighted by Crippen LogP contribution is 2.49. The highest BCUT2D eigenvalue weighted by molar-refractivity contribution is 7.18. The fraction of sp³-hybridized carbons (Fsp3) is 0.538. The van der Waals surface area contributed by atoms with Crippen molar-refractivity contribution in [3.63, 3.8) is 0 Å². The van der Waals surface area contributed by atoms with E-state index in [1.54, 1.807) is 17.7 Å². The molecular weight excluding hydrogens is 266 g/mol. The monoisotopic (exact) mass is 281 g/mol. The molecule has 96 valence electrons. The summed E-state index contributed by atoms with van der Waals surface area (Å²) in [5.41, 5.74) is 0.421. The molecule has 3 nitrogen and oxygen atoms in total. The van der Waals surface area contributed by atoms with Crippen molar-refractivity contribution in [3.05, 3.63) is 17.3 Å². The van der Waals surface area contributed by atoms with Gasteiger partial charge in [0, 0.05) is 17.3 Å². The van der Waals surface area contributed by atoms with Crippen molar-refractivity contribution in [1.29, 1.82) is 0 Å². The summed E-state index contributed by atoms with van der Waals surface area (Å²) in [6, 6.07) is 2.16. The van der Waals surface area contributed by atoms with Gasteiger partial charge >= 0.3 is 0 Å². The molecule has 0 unspecified atom stereocenters. The first kappa shape index (κ1) is 12.2. The SMILES string of the molecule is Cc1cc2c(NCC3(CCCl)CC3)ncnc2s1. The molecule has 1 aliphatic rings. The number of halogens is 1. The number of nitrogens with one attached hydrogen (secondary N) is 1.